The molecule has 0 aliphatic heterocycles. The average Bonchev–Trinajstić information content (AvgIpc) is 2.99. The van der Waals surface area contributed by atoms with Gasteiger partial charge in [0.15, 0.2) is 0 Å². The van der Waals surface area contributed by atoms with Gasteiger partial charge < -0.3 is 14.6 Å². The monoisotopic (exact) mass is 316 g/mol. The van der Waals surface area contributed by atoms with Crippen molar-refractivity contribution in [3.05, 3.63) is 54.1 Å². The van der Waals surface area contributed by atoms with E-state index in [1.807, 2.05) is 30.3 Å². The molecule has 0 saturated heterocycles. The molecule has 0 amide bonds. The van der Waals surface area contributed by atoms with Gasteiger partial charge in [0.05, 0.1) is 19.8 Å². The Kier molecular flexibility index (Phi) is 7.91. The van der Waals surface area contributed by atoms with Crippen molar-refractivity contribution in [1.82, 2.24) is 0 Å². The first-order chi connectivity index (χ1) is 11.3. The predicted molar refractivity (Wildman–Crippen MR) is 93.5 cm³/mol. The van der Waals surface area contributed by atoms with E-state index in [9.17, 15) is 5.11 Å². The number of ether oxygens (including phenoxy) is 2. The summed E-state index contributed by atoms with van der Waals surface area (Å²) in [5.41, 5.74) is 1.18. The van der Waals surface area contributed by atoms with Crippen LogP contribution in [0.25, 0.3) is 0 Å². The zero-order valence-corrected chi connectivity index (χ0v) is 14.0. The van der Waals surface area contributed by atoms with Crippen molar-refractivity contribution in [3.8, 4) is 5.75 Å². The van der Waals surface area contributed by atoms with Crippen molar-refractivity contribution in [1.29, 1.82) is 0 Å². The van der Waals surface area contributed by atoms with E-state index >= 15 is 0 Å². The number of hydrogen-bond donors (Lipinski definition) is 1. The standard InChI is InChI=1S/C20H28O3/c1-22-20-12-9-18(10-13-20)16-23-14-6-4-2-3-5-7-17-8-11-19(21)15-17/h3,5,8-13,17,19,21H,2,4,6-7,14-16H2,1H3/b5-3-/t17-,19?/m0/s1. The van der Waals surface area contributed by atoms with E-state index in [-0.39, 0.29) is 6.10 Å². The van der Waals surface area contributed by atoms with E-state index in [0.717, 1.165) is 44.5 Å². The Labute approximate surface area is 139 Å². The van der Waals surface area contributed by atoms with Gasteiger partial charge in [-0.1, -0.05) is 36.4 Å². The minimum absolute atomic E-state index is 0.226. The third-order valence-electron chi connectivity index (χ3n) is 4.09. The number of allylic oxidation sites excluding steroid dienone is 3. The molecule has 1 aromatic carbocycles. The fourth-order valence-electron chi connectivity index (χ4n) is 2.69. The number of aliphatic hydroxyl groups excluding tert-OH is 1. The molecule has 1 aliphatic carbocycles. The van der Waals surface area contributed by atoms with Crippen LogP contribution in [0.3, 0.4) is 0 Å². The summed E-state index contributed by atoms with van der Waals surface area (Å²) >= 11 is 0. The van der Waals surface area contributed by atoms with Crippen molar-refractivity contribution in [2.75, 3.05) is 13.7 Å². The minimum Gasteiger partial charge on any atom is -0.497 e. The Morgan fingerprint density at radius 2 is 1.96 bits per heavy atom. The molecule has 0 radical (unpaired) electrons. The molecule has 0 saturated carbocycles. The van der Waals surface area contributed by atoms with Gasteiger partial charge in [0, 0.05) is 6.61 Å². The molecule has 2 atom stereocenters. The summed E-state index contributed by atoms with van der Waals surface area (Å²) in [7, 11) is 1.67. The van der Waals surface area contributed by atoms with Crippen LogP contribution in [0.15, 0.2) is 48.6 Å². The Morgan fingerprint density at radius 3 is 2.65 bits per heavy atom. The highest BCUT2D eigenvalue weighted by Gasteiger charge is 2.14. The van der Waals surface area contributed by atoms with Gasteiger partial charge in [0.2, 0.25) is 0 Å². The summed E-state index contributed by atoms with van der Waals surface area (Å²) in [6.07, 6.45) is 13.6. The van der Waals surface area contributed by atoms with Crippen molar-refractivity contribution in [2.24, 2.45) is 5.92 Å². The first kappa shape index (κ1) is 17.8. The lowest BCUT2D eigenvalue weighted by molar-refractivity contribution is 0.117. The third-order valence-corrected chi connectivity index (χ3v) is 4.09. The largest absolute Gasteiger partial charge is 0.497 e. The molecule has 0 heterocycles. The molecule has 0 aromatic heterocycles. The maximum absolute atomic E-state index is 9.40. The van der Waals surface area contributed by atoms with Gasteiger partial charge in [-0.2, -0.15) is 0 Å². The summed E-state index contributed by atoms with van der Waals surface area (Å²) in [6.45, 7) is 1.47. The molecule has 1 aromatic rings. The number of rotatable bonds is 10. The van der Waals surface area contributed by atoms with E-state index in [1.165, 1.54) is 5.56 Å². The van der Waals surface area contributed by atoms with Gasteiger partial charge in [-0.05, 0) is 55.7 Å². The zero-order chi connectivity index (χ0) is 16.3. The number of unbranched alkanes of at least 4 members (excludes halogenated alkanes) is 2. The van der Waals surface area contributed by atoms with Crippen LogP contribution in [0.1, 0.15) is 37.7 Å². The quantitative estimate of drug-likeness (QED) is 0.517. The number of hydrogen-bond acceptors (Lipinski definition) is 3. The zero-order valence-electron chi connectivity index (χ0n) is 14.0. The fraction of sp³-hybridized carbons (Fsp3) is 0.500. The van der Waals surface area contributed by atoms with E-state index < -0.39 is 0 Å². The fourth-order valence-corrected chi connectivity index (χ4v) is 2.69. The molecule has 3 nitrogen and oxygen atoms in total. The molecule has 0 fully saturated rings. The van der Waals surface area contributed by atoms with Crippen LogP contribution in [-0.4, -0.2) is 24.9 Å². The van der Waals surface area contributed by atoms with E-state index in [1.54, 1.807) is 7.11 Å². The SMILES string of the molecule is COc1ccc(COCCCC/C=C\C[C@H]2C=CC(O)C2)cc1. The van der Waals surface area contributed by atoms with E-state index in [2.05, 4.69) is 18.2 Å². The average molecular weight is 316 g/mol. The summed E-state index contributed by atoms with van der Waals surface area (Å²) in [5.74, 6) is 1.40. The molecule has 3 heteroatoms. The molecular weight excluding hydrogens is 288 g/mol. The van der Waals surface area contributed by atoms with Gasteiger partial charge in [0.1, 0.15) is 5.75 Å². The smallest absolute Gasteiger partial charge is 0.118 e. The molecule has 0 bridgehead atoms. The first-order valence-electron chi connectivity index (χ1n) is 8.50. The van der Waals surface area contributed by atoms with Crippen LogP contribution >= 0.6 is 0 Å². The maximum Gasteiger partial charge on any atom is 0.118 e. The predicted octanol–water partition coefficient (Wildman–Crippen LogP) is 4.27. The highest BCUT2D eigenvalue weighted by Crippen LogP contribution is 2.21. The molecule has 0 spiro atoms. The highest BCUT2D eigenvalue weighted by atomic mass is 16.5. The van der Waals surface area contributed by atoms with Crippen molar-refractivity contribution in [3.63, 3.8) is 0 Å². The Balaban J connectivity index is 1.45. The highest BCUT2D eigenvalue weighted by molar-refractivity contribution is 5.26. The van der Waals surface area contributed by atoms with Gasteiger partial charge in [-0.3, -0.25) is 0 Å². The molecule has 23 heavy (non-hydrogen) atoms. The first-order valence-corrected chi connectivity index (χ1v) is 8.50. The van der Waals surface area contributed by atoms with E-state index in [0.29, 0.717) is 12.5 Å². The third kappa shape index (κ3) is 7.02. The summed E-state index contributed by atoms with van der Waals surface area (Å²) < 4.78 is 10.8. The Bertz CT molecular complexity index is 490. The van der Waals surface area contributed by atoms with Gasteiger partial charge >= 0.3 is 0 Å². The molecular formula is C20H28O3. The topological polar surface area (TPSA) is 38.7 Å². The summed E-state index contributed by atoms with van der Waals surface area (Å²) in [6, 6.07) is 8.00. The molecule has 1 N–H and O–H groups in total. The summed E-state index contributed by atoms with van der Waals surface area (Å²) in [4.78, 5) is 0. The van der Waals surface area contributed by atoms with Crippen LogP contribution in [0.5, 0.6) is 5.75 Å². The number of aliphatic hydroxyl groups is 1. The molecule has 2 rings (SSSR count). The second kappa shape index (κ2) is 10.2. The van der Waals surface area contributed by atoms with Crippen LogP contribution in [0.2, 0.25) is 0 Å². The summed E-state index contributed by atoms with van der Waals surface area (Å²) in [5, 5.41) is 9.40. The molecule has 126 valence electrons. The second-order valence-corrected chi connectivity index (χ2v) is 6.05. The van der Waals surface area contributed by atoms with E-state index in [4.69, 9.17) is 9.47 Å². The Hall–Kier alpha value is -1.58. The minimum atomic E-state index is -0.226. The molecule has 1 aliphatic rings. The lowest BCUT2D eigenvalue weighted by atomic mass is 10.0. The number of methoxy groups -OCH3 is 1. The van der Waals surface area contributed by atoms with Gasteiger partial charge in [-0.25, -0.2) is 0 Å². The Morgan fingerprint density at radius 1 is 1.13 bits per heavy atom. The number of benzene rings is 1. The van der Waals surface area contributed by atoms with Crippen LogP contribution in [0.4, 0.5) is 0 Å². The maximum atomic E-state index is 9.40. The second-order valence-electron chi connectivity index (χ2n) is 6.05. The van der Waals surface area contributed by atoms with Crippen LogP contribution in [0, 0.1) is 5.92 Å². The molecule has 1 unspecified atom stereocenters. The lowest BCUT2D eigenvalue weighted by Gasteiger charge is -2.05. The van der Waals surface area contributed by atoms with Crippen LogP contribution < -0.4 is 4.74 Å². The van der Waals surface area contributed by atoms with Gasteiger partial charge in [0.25, 0.3) is 0 Å². The van der Waals surface area contributed by atoms with Crippen LogP contribution in [-0.2, 0) is 11.3 Å². The van der Waals surface area contributed by atoms with Gasteiger partial charge in [-0.15, -0.1) is 0 Å². The lowest BCUT2D eigenvalue weighted by Crippen LogP contribution is -2.00. The van der Waals surface area contributed by atoms with Crippen molar-refractivity contribution >= 4 is 0 Å². The normalized spacial score (nSPS) is 20.4. The van der Waals surface area contributed by atoms with Crippen molar-refractivity contribution in [2.45, 2.75) is 44.8 Å². The van der Waals surface area contributed by atoms with Crippen molar-refractivity contribution < 1.29 is 14.6 Å².